The molecule has 5 heteroatoms. The first kappa shape index (κ1) is 12.2. The summed E-state index contributed by atoms with van der Waals surface area (Å²) in [5, 5.41) is 12.2. The molecule has 0 saturated carbocycles. The molecule has 0 aliphatic carbocycles. The van der Waals surface area contributed by atoms with E-state index in [-0.39, 0.29) is 0 Å². The molecule has 0 aliphatic heterocycles. The largest absolute Gasteiger partial charge is 0.399 e. The fourth-order valence-corrected chi connectivity index (χ4v) is 1.70. The van der Waals surface area contributed by atoms with Gasteiger partial charge in [-0.2, -0.15) is 5.26 Å². The van der Waals surface area contributed by atoms with Gasteiger partial charge < -0.3 is 11.1 Å². The van der Waals surface area contributed by atoms with Crippen LogP contribution >= 0.6 is 11.6 Å². The number of hydrogen-bond donors (Lipinski definition) is 2. The van der Waals surface area contributed by atoms with Crippen molar-refractivity contribution in [1.29, 1.82) is 5.26 Å². The minimum atomic E-state index is -0.440. The molecule has 3 nitrogen and oxygen atoms in total. The highest BCUT2D eigenvalue weighted by molar-refractivity contribution is 6.33. The molecule has 0 saturated heterocycles. The van der Waals surface area contributed by atoms with Crippen LogP contribution in [0.3, 0.4) is 0 Å². The number of nitriles is 1. The number of halogens is 2. The number of nitrogens with one attached hydrogen (secondary N) is 1. The molecule has 0 unspecified atom stereocenters. The van der Waals surface area contributed by atoms with Gasteiger partial charge in [0, 0.05) is 11.4 Å². The predicted molar refractivity (Wildman–Crippen MR) is 70.3 cm³/mol. The third kappa shape index (κ3) is 2.70. The Hall–Kier alpha value is -2.25. The van der Waals surface area contributed by atoms with Crippen molar-refractivity contribution in [2.45, 2.75) is 0 Å². The SMILES string of the molecule is N#Cc1ccc(Cl)c(Nc2cc(N)cc(F)c2)c1. The van der Waals surface area contributed by atoms with Gasteiger partial charge in [-0.05, 0) is 36.4 Å². The molecule has 0 bridgehead atoms. The minimum absolute atomic E-state index is 0.310. The average Bonchev–Trinajstić information content (AvgIpc) is 2.30. The predicted octanol–water partition coefficient (Wildman–Crippen LogP) is 3.68. The van der Waals surface area contributed by atoms with Gasteiger partial charge in [0.05, 0.1) is 22.3 Å². The topological polar surface area (TPSA) is 61.8 Å². The maximum absolute atomic E-state index is 13.2. The van der Waals surface area contributed by atoms with Gasteiger partial charge in [-0.1, -0.05) is 11.6 Å². The Balaban J connectivity index is 2.36. The number of rotatable bonds is 2. The van der Waals surface area contributed by atoms with Crippen LogP contribution in [0.2, 0.25) is 5.02 Å². The Labute approximate surface area is 109 Å². The summed E-state index contributed by atoms with van der Waals surface area (Å²) in [7, 11) is 0. The van der Waals surface area contributed by atoms with Crippen LogP contribution in [0, 0.1) is 17.1 Å². The Morgan fingerprint density at radius 1 is 1.22 bits per heavy atom. The number of benzene rings is 2. The zero-order valence-electron chi connectivity index (χ0n) is 9.24. The summed E-state index contributed by atoms with van der Waals surface area (Å²) < 4.78 is 13.2. The van der Waals surface area contributed by atoms with E-state index in [4.69, 9.17) is 22.6 Å². The van der Waals surface area contributed by atoms with Crippen molar-refractivity contribution in [3.8, 4) is 6.07 Å². The second-order valence-corrected chi connectivity index (χ2v) is 4.11. The van der Waals surface area contributed by atoms with Crippen molar-refractivity contribution in [2.24, 2.45) is 0 Å². The van der Waals surface area contributed by atoms with Crippen molar-refractivity contribution in [3.63, 3.8) is 0 Å². The van der Waals surface area contributed by atoms with Gasteiger partial charge >= 0.3 is 0 Å². The van der Waals surface area contributed by atoms with Crippen LogP contribution in [0.15, 0.2) is 36.4 Å². The lowest BCUT2D eigenvalue weighted by Crippen LogP contribution is -1.95. The Kier molecular flexibility index (Phi) is 3.35. The second kappa shape index (κ2) is 4.94. The van der Waals surface area contributed by atoms with Gasteiger partial charge in [-0.25, -0.2) is 4.39 Å². The Morgan fingerprint density at radius 3 is 2.67 bits per heavy atom. The maximum atomic E-state index is 13.2. The summed E-state index contributed by atoms with van der Waals surface area (Å²) in [6.07, 6.45) is 0. The van der Waals surface area contributed by atoms with E-state index in [9.17, 15) is 4.39 Å². The molecule has 2 rings (SSSR count). The summed E-state index contributed by atoms with van der Waals surface area (Å²) >= 11 is 5.99. The molecule has 0 aromatic heterocycles. The normalized spacial score (nSPS) is 9.83. The van der Waals surface area contributed by atoms with Crippen LogP contribution in [0.1, 0.15) is 5.56 Å². The monoisotopic (exact) mass is 261 g/mol. The molecule has 0 aliphatic rings. The molecule has 3 N–H and O–H groups in total. The standard InChI is InChI=1S/C13H9ClFN3/c14-12-2-1-8(7-16)3-13(12)18-11-5-9(15)4-10(17)6-11/h1-6,18H,17H2. The fourth-order valence-electron chi connectivity index (χ4n) is 1.53. The first-order valence-electron chi connectivity index (χ1n) is 5.11. The Bertz CT molecular complexity index is 614. The zero-order valence-corrected chi connectivity index (χ0v) is 10.0. The van der Waals surface area contributed by atoms with E-state index in [2.05, 4.69) is 5.32 Å². The number of nitrogen functional groups attached to an aromatic ring is 1. The van der Waals surface area contributed by atoms with E-state index in [1.54, 1.807) is 24.3 Å². The molecular weight excluding hydrogens is 253 g/mol. The number of anilines is 3. The molecule has 2 aromatic carbocycles. The lowest BCUT2D eigenvalue weighted by molar-refractivity contribution is 0.629. The van der Waals surface area contributed by atoms with E-state index in [1.165, 1.54) is 12.1 Å². The first-order chi connectivity index (χ1) is 8.58. The van der Waals surface area contributed by atoms with Crippen LogP contribution in [0.5, 0.6) is 0 Å². The highest BCUT2D eigenvalue weighted by atomic mass is 35.5. The van der Waals surface area contributed by atoms with E-state index in [0.717, 1.165) is 0 Å². The smallest absolute Gasteiger partial charge is 0.127 e. The molecule has 0 atom stereocenters. The van der Waals surface area contributed by atoms with Gasteiger partial charge in [0.15, 0.2) is 0 Å². The second-order valence-electron chi connectivity index (χ2n) is 3.70. The van der Waals surface area contributed by atoms with Gasteiger partial charge in [-0.15, -0.1) is 0 Å². The van der Waals surface area contributed by atoms with Gasteiger partial charge in [0.2, 0.25) is 0 Å². The zero-order chi connectivity index (χ0) is 13.1. The summed E-state index contributed by atoms with van der Waals surface area (Å²) in [4.78, 5) is 0. The molecule has 0 spiro atoms. The summed E-state index contributed by atoms with van der Waals surface area (Å²) in [5.41, 5.74) is 7.32. The molecular formula is C13H9ClFN3. The van der Waals surface area contributed by atoms with Gasteiger partial charge in [0.1, 0.15) is 5.82 Å². The summed E-state index contributed by atoms with van der Waals surface area (Å²) in [5.74, 6) is -0.440. The third-order valence-electron chi connectivity index (χ3n) is 2.29. The van der Waals surface area contributed by atoms with Crippen LogP contribution in [0.4, 0.5) is 21.5 Å². The van der Waals surface area contributed by atoms with Crippen LogP contribution < -0.4 is 11.1 Å². The third-order valence-corrected chi connectivity index (χ3v) is 2.62. The van der Waals surface area contributed by atoms with Crippen LogP contribution in [-0.4, -0.2) is 0 Å². The molecule has 0 heterocycles. The molecule has 18 heavy (non-hydrogen) atoms. The van der Waals surface area contributed by atoms with E-state index < -0.39 is 5.82 Å². The van der Waals surface area contributed by atoms with Crippen LogP contribution in [-0.2, 0) is 0 Å². The van der Waals surface area contributed by atoms with E-state index in [1.807, 2.05) is 6.07 Å². The van der Waals surface area contributed by atoms with Crippen molar-refractivity contribution < 1.29 is 4.39 Å². The Morgan fingerprint density at radius 2 is 2.00 bits per heavy atom. The summed E-state index contributed by atoms with van der Waals surface area (Å²) in [6, 6.07) is 10.9. The van der Waals surface area contributed by atoms with Gasteiger partial charge in [-0.3, -0.25) is 0 Å². The molecule has 0 fully saturated rings. The quantitative estimate of drug-likeness (QED) is 0.811. The molecule has 2 aromatic rings. The lowest BCUT2D eigenvalue weighted by atomic mass is 10.2. The lowest BCUT2D eigenvalue weighted by Gasteiger charge is -2.09. The first-order valence-corrected chi connectivity index (χ1v) is 5.49. The molecule has 0 amide bonds. The van der Waals surface area contributed by atoms with Crippen LogP contribution in [0.25, 0.3) is 0 Å². The highest BCUT2D eigenvalue weighted by Crippen LogP contribution is 2.27. The van der Waals surface area contributed by atoms with Crippen molar-refractivity contribution >= 4 is 28.7 Å². The number of hydrogen-bond acceptors (Lipinski definition) is 3. The van der Waals surface area contributed by atoms with E-state index in [0.29, 0.717) is 27.6 Å². The summed E-state index contributed by atoms with van der Waals surface area (Å²) in [6.45, 7) is 0. The average molecular weight is 262 g/mol. The molecule has 90 valence electrons. The molecule has 0 radical (unpaired) electrons. The van der Waals surface area contributed by atoms with Crippen molar-refractivity contribution in [1.82, 2.24) is 0 Å². The van der Waals surface area contributed by atoms with Crippen molar-refractivity contribution in [2.75, 3.05) is 11.1 Å². The maximum Gasteiger partial charge on any atom is 0.127 e. The fraction of sp³-hybridized carbons (Fsp3) is 0. The van der Waals surface area contributed by atoms with Gasteiger partial charge in [0.25, 0.3) is 0 Å². The minimum Gasteiger partial charge on any atom is -0.399 e. The van der Waals surface area contributed by atoms with Crippen molar-refractivity contribution in [3.05, 3.63) is 52.8 Å². The highest BCUT2D eigenvalue weighted by Gasteiger charge is 2.04. The van der Waals surface area contributed by atoms with E-state index >= 15 is 0 Å². The number of nitrogens with zero attached hydrogens (tertiary/aromatic N) is 1. The number of nitrogens with two attached hydrogens (primary N) is 1.